The van der Waals surface area contributed by atoms with Gasteiger partial charge in [0.25, 0.3) is 0 Å². The highest BCUT2D eigenvalue weighted by atomic mass is 35.5. The van der Waals surface area contributed by atoms with E-state index < -0.39 is 17.6 Å². The molecule has 0 aliphatic carbocycles. The molecule has 9 heteroatoms. The van der Waals surface area contributed by atoms with E-state index in [1.165, 1.54) is 25.3 Å². The Balaban J connectivity index is 1.64. The molecule has 0 unspecified atom stereocenters. The van der Waals surface area contributed by atoms with E-state index >= 15 is 0 Å². The van der Waals surface area contributed by atoms with Crippen molar-refractivity contribution >= 4 is 45.5 Å². The van der Waals surface area contributed by atoms with Gasteiger partial charge in [-0.25, -0.2) is 9.59 Å². The maximum absolute atomic E-state index is 12.9. The second-order valence-corrected chi connectivity index (χ2v) is 8.04. The van der Waals surface area contributed by atoms with Crippen LogP contribution in [0.1, 0.15) is 28.1 Å². The van der Waals surface area contributed by atoms with Gasteiger partial charge in [-0.05, 0) is 54.8 Å². The number of hydrogen-bond donors (Lipinski definition) is 0. The Bertz CT molecular complexity index is 1430. The molecule has 0 fully saturated rings. The van der Waals surface area contributed by atoms with Gasteiger partial charge in [0.2, 0.25) is 5.76 Å². The molecular weight excluding hydrogens is 464 g/mol. The smallest absolute Gasteiger partial charge is 0.379 e. The average molecular weight is 485 g/mol. The molecule has 0 aliphatic rings. The molecule has 0 radical (unpaired) electrons. The molecule has 8 nitrogen and oxygen atoms in total. The molecule has 4 rings (SSSR count). The van der Waals surface area contributed by atoms with Gasteiger partial charge < -0.3 is 23.0 Å². The van der Waals surface area contributed by atoms with Crippen molar-refractivity contribution in [2.75, 3.05) is 20.3 Å². The largest absolute Gasteiger partial charge is 0.463 e. The van der Waals surface area contributed by atoms with Gasteiger partial charge in [0.15, 0.2) is 0 Å². The Kier molecular flexibility index (Phi) is 7.00. The molecule has 0 amide bonds. The summed E-state index contributed by atoms with van der Waals surface area (Å²) < 4.78 is 26.5. The summed E-state index contributed by atoms with van der Waals surface area (Å²) in [4.78, 5) is 36.8. The Hall–Kier alpha value is -3.62. The zero-order valence-electron chi connectivity index (χ0n) is 18.5. The van der Waals surface area contributed by atoms with Crippen molar-refractivity contribution in [1.82, 2.24) is 0 Å². The third-order valence-electron chi connectivity index (χ3n) is 5.16. The van der Waals surface area contributed by atoms with Gasteiger partial charge in [0.1, 0.15) is 23.5 Å². The van der Waals surface area contributed by atoms with Crippen LogP contribution in [-0.2, 0) is 20.7 Å². The first-order chi connectivity index (χ1) is 16.3. The summed E-state index contributed by atoms with van der Waals surface area (Å²) in [5.41, 5.74) is 1.49. The van der Waals surface area contributed by atoms with Gasteiger partial charge in [0, 0.05) is 41.5 Å². The van der Waals surface area contributed by atoms with Crippen LogP contribution in [0.15, 0.2) is 56.1 Å². The van der Waals surface area contributed by atoms with Crippen LogP contribution in [0, 0.1) is 6.92 Å². The molecule has 2 aromatic carbocycles. The van der Waals surface area contributed by atoms with E-state index in [0.29, 0.717) is 39.1 Å². The van der Waals surface area contributed by atoms with Crippen molar-refractivity contribution in [3.63, 3.8) is 0 Å². The molecule has 34 heavy (non-hydrogen) atoms. The normalized spacial score (nSPS) is 11.1. The Morgan fingerprint density at radius 3 is 2.62 bits per heavy atom. The van der Waals surface area contributed by atoms with E-state index in [0.717, 1.165) is 0 Å². The van der Waals surface area contributed by atoms with Crippen molar-refractivity contribution in [2.24, 2.45) is 0 Å². The van der Waals surface area contributed by atoms with Crippen LogP contribution in [0.25, 0.3) is 21.9 Å². The number of ether oxygens (including phenoxy) is 3. The molecule has 176 valence electrons. The van der Waals surface area contributed by atoms with E-state index in [1.807, 2.05) is 0 Å². The van der Waals surface area contributed by atoms with E-state index in [2.05, 4.69) is 0 Å². The first-order valence-electron chi connectivity index (χ1n) is 10.5. The SMILES string of the molecule is COCCOC(=O)CCc1cc2c(C)cc(=O)oc2cc1OC(=O)c1cc2cc(Cl)ccc2o1. The van der Waals surface area contributed by atoms with E-state index in [-0.39, 0.29) is 36.5 Å². The van der Waals surface area contributed by atoms with E-state index in [1.54, 1.807) is 31.2 Å². The van der Waals surface area contributed by atoms with Crippen LogP contribution in [0.5, 0.6) is 5.75 Å². The lowest BCUT2D eigenvalue weighted by Gasteiger charge is -2.12. The van der Waals surface area contributed by atoms with Gasteiger partial charge in [-0.3, -0.25) is 4.79 Å². The molecule has 0 bridgehead atoms. The molecule has 0 aliphatic heterocycles. The molecule has 2 aromatic heterocycles. The first-order valence-corrected chi connectivity index (χ1v) is 10.8. The van der Waals surface area contributed by atoms with Gasteiger partial charge >= 0.3 is 17.6 Å². The highest BCUT2D eigenvalue weighted by molar-refractivity contribution is 6.31. The average Bonchev–Trinajstić information content (AvgIpc) is 3.21. The number of fused-ring (bicyclic) bond motifs is 2. The standard InChI is InChI=1S/C25H21ClO8/c1-14-9-24(28)33-21-13-20(15(11-18(14)21)3-6-23(27)31-8-7-30-2)34-25(29)22-12-16-10-17(26)4-5-19(16)32-22/h4-5,9-13H,3,6-8H2,1-2H3. The Labute approximate surface area is 198 Å². The summed E-state index contributed by atoms with van der Waals surface area (Å²) in [6.07, 6.45) is 0.289. The fourth-order valence-corrected chi connectivity index (χ4v) is 3.67. The fourth-order valence-electron chi connectivity index (χ4n) is 3.49. The van der Waals surface area contributed by atoms with Gasteiger partial charge in [-0.15, -0.1) is 0 Å². The fraction of sp³-hybridized carbons (Fsp3) is 0.240. The van der Waals surface area contributed by atoms with E-state index in [9.17, 15) is 14.4 Å². The minimum Gasteiger partial charge on any atom is -0.463 e. The molecule has 0 saturated heterocycles. The predicted octanol–water partition coefficient (Wildman–Crippen LogP) is 4.84. The highest BCUT2D eigenvalue weighted by Gasteiger charge is 2.19. The number of methoxy groups -OCH3 is 1. The summed E-state index contributed by atoms with van der Waals surface area (Å²) in [5, 5.41) is 1.83. The quantitative estimate of drug-likeness (QED) is 0.151. The summed E-state index contributed by atoms with van der Waals surface area (Å²) in [6.45, 7) is 2.22. The minimum absolute atomic E-state index is 0.0204. The first kappa shape index (κ1) is 23.5. The topological polar surface area (TPSA) is 105 Å². The zero-order chi connectivity index (χ0) is 24.2. The van der Waals surface area contributed by atoms with Crippen LogP contribution >= 0.6 is 11.6 Å². The molecule has 0 N–H and O–H groups in total. The number of halogens is 1. The monoisotopic (exact) mass is 484 g/mol. The van der Waals surface area contributed by atoms with Crippen molar-refractivity contribution in [3.8, 4) is 5.75 Å². The predicted molar refractivity (Wildman–Crippen MR) is 125 cm³/mol. The number of benzene rings is 2. The number of esters is 2. The maximum Gasteiger partial charge on any atom is 0.379 e. The number of furan rings is 1. The van der Waals surface area contributed by atoms with Crippen LogP contribution in [0.3, 0.4) is 0 Å². The Morgan fingerprint density at radius 1 is 1.00 bits per heavy atom. The van der Waals surface area contributed by atoms with Crippen LogP contribution in [0.2, 0.25) is 5.02 Å². The van der Waals surface area contributed by atoms with Crippen molar-refractivity contribution in [2.45, 2.75) is 19.8 Å². The second kappa shape index (κ2) is 10.1. The lowest BCUT2D eigenvalue weighted by Crippen LogP contribution is -2.12. The lowest BCUT2D eigenvalue weighted by molar-refractivity contribution is -0.144. The summed E-state index contributed by atoms with van der Waals surface area (Å²) >= 11 is 6.00. The molecule has 0 spiro atoms. The van der Waals surface area contributed by atoms with Crippen molar-refractivity contribution < 1.29 is 32.6 Å². The number of carbonyl (C=O) groups excluding carboxylic acids is 2. The summed E-state index contributed by atoms with van der Waals surface area (Å²) in [6, 6.07) is 11.1. The van der Waals surface area contributed by atoms with Gasteiger partial charge in [0.05, 0.1) is 6.61 Å². The van der Waals surface area contributed by atoms with Crippen molar-refractivity contribution in [1.29, 1.82) is 0 Å². The third kappa shape index (κ3) is 5.30. The molecule has 4 aromatic rings. The number of hydrogen-bond acceptors (Lipinski definition) is 8. The molecule has 0 saturated carbocycles. The van der Waals surface area contributed by atoms with Crippen LogP contribution in [0.4, 0.5) is 0 Å². The molecule has 2 heterocycles. The maximum atomic E-state index is 12.9. The van der Waals surface area contributed by atoms with Crippen LogP contribution in [-0.4, -0.2) is 32.3 Å². The zero-order valence-corrected chi connectivity index (χ0v) is 19.3. The Morgan fingerprint density at radius 2 is 1.82 bits per heavy atom. The molecule has 0 atom stereocenters. The summed E-state index contributed by atoms with van der Waals surface area (Å²) in [5.74, 6) is -1.03. The number of aryl methyl sites for hydroxylation is 2. The third-order valence-corrected chi connectivity index (χ3v) is 5.40. The van der Waals surface area contributed by atoms with Crippen LogP contribution < -0.4 is 10.4 Å². The second-order valence-electron chi connectivity index (χ2n) is 7.60. The van der Waals surface area contributed by atoms with Crippen molar-refractivity contribution in [3.05, 3.63) is 74.8 Å². The lowest BCUT2D eigenvalue weighted by atomic mass is 10.0. The van der Waals surface area contributed by atoms with E-state index in [4.69, 9.17) is 34.6 Å². The number of rotatable bonds is 8. The minimum atomic E-state index is -0.745. The highest BCUT2D eigenvalue weighted by Crippen LogP contribution is 2.30. The number of carbonyl (C=O) groups is 2. The molecular formula is C25H21ClO8. The summed E-state index contributed by atoms with van der Waals surface area (Å²) in [7, 11) is 1.51. The van der Waals surface area contributed by atoms with Gasteiger partial charge in [-0.2, -0.15) is 0 Å². The van der Waals surface area contributed by atoms with Gasteiger partial charge in [-0.1, -0.05) is 11.6 Å².